The summed E-state index contributed by atoms with van der Waals surface area (Å²) < 4.78 is 34.3. The van der Waals surface area contributed by atoms with Crippen LogP contribution in [0.15, 0.2) is 95.1 Å². The Kier molecular flexibility index (Phi) is 10.3. The molecule has 0 saturated heterocycles. The molecule has 2 N–H and O–H groups in total. The zero-order valence-electron chi connectivity index (χ0n) is 31.9. The van der Waals surface area contributed by atoms with Gasteiger partial charge in [0.2, 0.25) is 15.7 Å². The van der Waals surface area contributed by atoms with Crippen LogP contribution in [-0.4, -0.2) is 79.3 Å². The number of amides is 2. The highest BCUT2D eigenvalue weighted by Crippen LogP contribution is 2.36. The van der Waals surface area contributed by atoms with Gasteiger partial charge in [0.05, 0.1) is 18.2 Å². The van der Waals surface area contributed by atoms with E-state index in [1.54, 1.807) is 39.5 Å². The Morgan fingerprint density at radius 2 is 1.69 bits per heavy atom. The Balaban J connectivity index is 1.16. The molecule has 2 amide bonds. The van der Waals surface area contributed by atoms with Crippen molar-refractivity contribution in [3.63, 3.8) is 0 Å². The molecule has 1 aliphatic rings. The van der Waals surface area contributed by atoms with Gasteiger partial charge in [-0.25, -0.2) is 18.4 Å². The standard InChI is InChI=1S/C43H44N6O5S/c1-26-7-13-36(30-21-27(2)34-15-17-49(25-31(34)22-30)18-16-39(50)46-32-9-11-33(54-6)12-10-32)38(19-26)55(52,53)40-24-45-42-41(47-40)37(23-44-42)29-8-14-35(28(3)20-29)43(51)48(4)5/h7-14,19-24H,15-18,25H2,1-6H3,(H,44,45)(H,46,50). The van der Waals surface area contributed by atoms with Crippen molar-refractivity contribution < 1.29 is 22.7 Å². The normalized spacial score (nSPS) is 13.1. The molecule has 4 aromatic carbocycles. The number of carbonyl (C=O) groups is 2. The number of ether oxygens (including phenoxy) is 1. The molecule has 6 aromatic rings. The number of carbonyl (C=O) groups excluding carboxylic acids is 2. The second kappa shape index (κ2) is 15.1. The number of aromatic amines is 1. The van der Waals surface area contributed by atoms with Crippen LogP contribution in [0.2, 0.25) is 0 Å². The molecule has 0 spiro atoms. The van der Waals surface area contributed by atoms with Gasteiger partial charge in [-0.1, -0.05) is 30.3 Å². The Hall–Kier alpha value is -5.85. The molecule has 12 heteroatoms. The van der Waals surface area contributed by atoms with Crippen molar-refractivity contribution in [3.8, 4) is 28.0 Å². The van der Waals surface area contributed by atoms with Crippen molar-refractivity contribution in [1.82, 2.24) is 24.8 Å². The maximum Gasteiger partial charge on any atom is 0.253 e. The van der Waals surface area contributed by atoms with Crippen LogP contribution in [0.1, 0.15) is 44.6 Å². The van der Waals surface area contributed by atoms with E-state index in [9.17, 15) is 18.0 Å². The van der Waals surface area contributed by atoms with E-state index in [4.69, 9.17) is 9.72 Å². The minimum absolute atomic E-state index is 0.0621. The number of sulfone groups is 1. The van der Waals surface area contributed by atoms with Crippen LogP contribution in [0.5, 0.6) is 5.75 Å². The molecule has 0 aliphatic carbocycles. The van der Waals surface area contributed by atoms with Gasteiger partial charge in [-0.2, -0.15) is 0 Å². The number of H-pyrrole nitrogens is 1. The van der Waals surface area contributed by atoms with E-state index in [0.717, 1.165) is 57.8 Å². The first-order valence-electron chi connectivity index (χ1n) is 18.1. The lowest BCUT2D eigenvalue weighted by molar-refractivity contribution is -0.116. The number of rotatable bonds is 10. The largest absolute Gasteiger partial charge is 0.497 e. The highest BCUT2D eigenvalue weighted by atomic mass is 32.2. The number of fused-ring (bicyclic) bond motifs is 2. The molecule has 282 valence electrons. The molecule has 2 aromatic heterocycles. The molecule has 0 bridgehead atoms. The summed E-state index contributed by atoms with van der Waals surface area (Å²) in [7, 11) is 0.892. The summed E-state index contributed by atoms with van der Waals surface area (Å²) in [6.07, 6.45) is 4.24. The monoisotopic (exact) mass is 756 g/mol. The molecule has 55 heavy (non-hydrogen) atoms. The number of aromatic nitrogens is 3. The average molecular weight is 757 g/mol. The quantitative estimate of drug-likeness (QED) is 0.151. The molecule has 0 radical (unpaired) electrons. The van der Waals surface area contributed by atoms with E-state index in [2.05, 4.69) is 39.2 Å². The van der Waals surface area contributed by atoms with Crippen molar-refractivity contribution in [3.05, 3.63) is 119 Å². The fraction of sp³-hybridized carbons (Fsp3) is 0.256. The molecule has 3 heterocycles. The summed E-state index contributed by atoms with van der Waals surface area (Å²) in [6, 6.07) is 22.4. The third kappa shape index (κ3) is 7.60. The van der Waals surface area contributed by atoms with Crippen molar-refractivity contribution in [1.29, 1.82) is 0 Å². The van der Waals surface area contributed by atoms with Gasteiger partial charge in [0.25, 0.3) is 5.91 Å². The molecule has 7 rings (SSSR count). The number of nitrogens with zero attached hydrogens (tertiary/aromatic N) is 4. The first kappa shape index (κ1) is 37.5. The molecule has 1 aliphatic heterocycles. The van der Waals surface area contributed by atoms with E-state index < -0.39 is 9.84 Å². The highest BCUT2D eigenvalue weighted by Gasteiger charge is 2.27. The fourth-order valence-electron chi connectivity index (χ4n) is 7.22. The van der Waals surface area contributed by atoms with E-state index in [-0.39, 0.29) is 21.7 Å². The van der Waals surface area contributed by atoms with Crippen LogP contribution in [0.4, 0.5) is 5.69 Å². The zero-order chi connectivity index (χ0) is 39.0. The number of hydrogen-bond acceptors (Lipinski definition) is 8. The Labute approximate surface area is 321 Å². The lowest BCUT2D eigenvalue weighted by Crippen LogP contribution is -2.33. The zero-order valence-corrected chi connectivity index (χ0v) is 32.7. The number of aryl methyl sites for hydroxylation is 3. The van der Waals surface area contributed by atoms with Gasteiger partial charge in [0.1, 0.15) is 11.3 Å². The number of methoxy groups -OCH3 is 1. The maximum absolute atomic E-state index is 14.6. The van der Waals surface area contributed by atoms with Crippen LogP contribution in [0.25, 0.3) is 33.4 Å². The topological polar surface area (TPSA) is 138 Å². The van der Waals surface area contributed by atoms with Crippen molar-refractivity contribution in [2.45, 2.75) is 50.1 Å². The number of hydrogen-bond donors (Lipinski definition) is 2. The fourth-order valence-corrected chi connectivity index (χ4v) is 8.67. The third-order valence-corrected chi connectivity index (χ3v) is 11.9. The van der Waals surface area contributed by atoms with E-state index in [1.165, 1.54) is 16.7 Å². The predicted molar refractivity (Wildman–Crippen MR) is 214 cm³/mol. The van der Waals surface area contributed by atoms with Crippen molar-refractivity contribution >= 4 is 38.5 Å². The average Bonchev–Trinajstić information content (AvgIpc) is 3.60. The molecular weight excluding hydrogens is 713 g/mol. The molecule has 11 nitrogen and oxygen atoms in total. The summed E-state index contributed by atoms with van der Waals surface area (Å²) in [5, 5.41) is 2.80. The van der Waals surface area contributed by atoms with Crippen LogP contribution in [-0.2, 0) is 27.6 Å². The Bertz CT molecular complexity index is 2560. The first-order valence-corrected chi connectivity index (χ1v) is 19.6. The molecule has 0 saturated carbocycles. The minimum Gasteiger partial charge on any atom is -0.497 e. The van der Waals surface area contributed by atoms with Gasteiger partial charge in [-0.05, 0) is 109 Å². The lowest BCUT2D eigenvalue weighted by atomic mass is 9.90. The molecular formula is C43H44N6O5S. The van der Waals surface area contributed by atoms with E-state index in [0.29, 0.717) is 47.4 Å². The van der Waals surface area contributed by atoms with Crippen LogP contribution in [0.3, 0.4) is 0 Å². The SMILES string of the molecule is COc1ccc(NC(=O)CCN2CCc3c(C)cc(-c4ccc(C)cc4S(=O)(=O)c4cnc5[nH]cc(-c6ccc(C(=O)N(C)C)c(C)c6)c5n4)cc3C2)cc1. The second-order valence-electron chi connectivity index (χ2n) is 14.3. The maximum atomic E-state index is 14.6. The van der Waals surface area contributed by atoms with E-state index >= 15 is 0 Å². The number of benzene rings is 4. The summed E-state index contributed by atoms with van der Waals surface area (Å²) in [5.74, 6) is 0.570. The van der Waals surface area contributed by atoms with Gasteiger partial charge in [-0.15, -0.1) is 0 Å². The smallest absolute Gasteiger partial charge is 0.253 e. The lowest BCUT2D eigenvalue weighted by Gasteiger charge is -2.30. The third-order valence-electron chi connectivity index (χ3n) is 10.2. The molecule has 0 unspecified atom stereocenters. The molecule has 0 fully saturated rings. The van der Waals surface area contributed by atoms with Gasteiger partial charge < -0.3 is 19.9 Å². The van der Waals surface area contributed by atoms with Gasteiger partial charge >= 0.3 is 0 Å². The number of nitrogens with one attached hydrogen (secondary N) is 2. The molecule has 0 atom stereocenters. The summed E-state index contributed by atoms with van der Waals surface area (Å²) in [4.78, 5) is 41.7. The van der Waals surface area contributed by atoms with Gasteiger partial charge in [0, 0.05) is 68.7 Å². The number of anilines is 1. The summed E-state index contributed by atoms with van der Waals surface area (Å²) in [5.41, 5.74) is 10.1. The highest BCUT2D eigenvalue weighted by molar-refractivity contribution is 7.91. The second-order valence-corrected chi connectivity index (χ2v) is 16.2. The van der Waals surface area contributed by atoms with Crippen LogP contribution >= 0.6 is 0 Å². The summed E-state index contributed by atoms with van der Waals surface area (Å²) in [6.45, 7) is 7.88. The van der Waals surface area contributed by atoms with Crippen molar-refractivity contribution in [2.24, 2.45) is 0 Å². The van der Waals surface area contributed by atoms with Gasteiger partial charge in [0.15, 0.2) is 10.7 Å². The van der Waals surface area contributed by atoms with Crippen molar-refractivity contribution in [2.75, 3.05) is 39.6 Å². The Morgan fingerprint density at radius 3 is 2.42 bits per heavy atom. The van der Waals surface area contributed by atoms with Crippen LogP contribution < -0.4 is 10.1 Å². The first-order chi connectivity index (χ1) is 26.3. The Morgan fingerprint density at radius 1 is 0.927 bits per heavy atom. The summed E-state index contributed by atoms with van der Waals surface area (Å²) >= 11 is 0. The van der Waals surface area contributed by atoms with Gasteiger partial charge in [-0.3, -0.25) is 14.5 Å². The minimum atomic E-state index is -4.14. The predicted octanol–water partition coefficient (Wildman–Crippen LogP) is 7.15. The van der Waals surface area contributed by atoms with E-state index in [1.807, 2.05) is 62.4 Å². The van der Waals surface area contributed by atoms with Crippen LogP contribution in [0, 0.1) is 20.8 Å².